The van der Waals surface area contributed by atoms with Gasteiger partial charge in [-0.25, -0.2) is 4.39 Å². The van der Waals surface area contributed by atoms with Gasteiger partial charge in [0.2, 0.25) is 0 Å². The lowest BCUT2D eigenvalue weighted by atomic mass is 9.82. The maximum atomic E-state index is 14.2. The van der Waals surface area contributed by atoms with E-state index < -0.39 is 0 Å². The Morgan fingerprint density at radius 1 is 1.30 bits per heavy atom. The van der Waals surface area contributed by atoms with Crippen LogP contribution in [0.1, 0.15) is 33.3 Å². The van der Waals surface area contributed by atoms with Crippen LogP contribution < -0.4 is 10.1 Å². The Morgan fingerprint density at radius 3 is 2.45 bits per heavy atom. The minimum atomic E-state index is -0.279. The summed E-state index contributed by atoms with van der Waals surface area (Å²) in [7, 11) is 1.48. The van der Waals surface area contributed by atoms with Gasteiger partial charge in [-0.15, -0.1) is 6.58 Å². The second kappa shape index (κ2) is 6.40. The monoisotopic (exact) mass is 279 g/mol. The molecule has 0 spiro atoms. The average molecular weight is 279 g/mol. The number of ether oxygens (including phenoxy) is 1. The van der Waals surface area contributed by atoms with E-state index in [1.54, 1.807) is 12.1 Å². The van der Waals surface area contributed by atoms with Crippen molar-refractivity contribution in [2.45, 2.75) is 39.7 Å². The van der Waals surface area contributed by atoms with Crippen molar-refractivity contribution in [1.29, 1.82) is 0 Å². The predicted octanol–water partition coefficient (Wildman–Crippen LogP) is 3.96. The van der Waals surface area contributed by atoms with Gasteiger partial charge in [0.15, 0.2) is 11.6 Å². The van der Waals surface area contributed by atoms with E-state index in [2.05, 4.69) is 39.6 Å². The van der Waals surface area contributed by atoms with E-state index in [9.17, 15) is 4.39 Å². The van der Waals surface area contributed by atoms with Gasteiger partial charge in [-0.3, -0.25) is 0 Å². The lowest BCUT2D eigenvalue weighted by molar-refractivity contribution is 0.317. The van der Waals surface area contributed by atoms with Crippen LogP contribution in [-0.2, 0) is 6.42 Å². The van der Waals surface area contributed by atoms with Crippen LogP contribution in [-0.4, -0.2) is 19.2 Å². The molecule has 20 heavy (non-hydrogen) atoms. The van der Waals surface area contributed by atoms with Crippen LogP contribution >= 0.6 is 0 Å². The highest BCUT2D eigenvalue weighted by atomic mass is 19.1. The quantitative estimate of drug-likeness (QED) is 0.796. The van der Waals surface area contributed by atoms with Gasteiger partial charge in [-0.2, -0.15) is 0 Å². The average Bonchev–Trinajstić information content (AvgIpc) is 2.38. The SMILES string of the molecule is C=CC(C)(CNC(C)(C)C)Cc1cccc(OC)c1F. The van der Waals surface area contributed by atoms with Gasteiger partial charge in [-0.05, 0) is 38.8 Å². The highest BCUT2D eigenvalue weighted by molar-refractivity contribution is 5.32. The fourth-order valence-electron chi connectivity index (χ4n) is 1.96. The smallest absolute Gasteiger partial charge is 0.168 e. The van der Waals surface area contributed by atoms with Crippen molar-refractivity contribution in [1.82, 2.24) is 5.32 Å². The fourth-order valence-corrected chi connectivity index (χ4v) is 1.96. The van der Waals surface area contributed by atoms with Crippen LogP contribution in [0, 0.1) is 11.2 Å². The number of rotatable bonds is 6. The molecule has 2 nitrogen and oxygen atoms in total. The van der Waals surface area contributed by atoms with Gasteiger partial charge in [0.1, 0.15) is 0 Å². The molecule has 1 unspecified atom stereocenters. The number of benzene rings is 1. The number of hydrogen-bond donors (Lipinski definition) is 1. The summed E-state index contributed by atoms with van der Waals surface area (Å²) in [5.74, 6) is 0.0107. The maximum absolute atomic E-state index is 14.2. The summed E-state index contributed by atoms with van der Waals surface area (Å²) in [6, 6.07) is 5.26. The van der Waals surface area contributed by atoms with Crippen LogP contribution in [0.15, 0.2) is 30.9 Å². The molecule has 1 rings (SSSR count). The number of nitrogens with one attached hydrogen (secondary N) is 1. The van der Waals surface area contributed by atoms with Crippen molar-refractivity contribution in [3.63, 3.8) is 0 Å². The van der Waals surface area contributed by atoms with E-state index >= 15 is 0 Å². The zero-order valence-electron chi connectivity index (χ0n) is 13.2. The molecule has 0 saturated carbocycles. The summed E-state index contributed by atoms with van der Waals surface area (Å²) in [4.78, 5) is 0. The molecule has 0 aliphatic heterocycles. The molecule has 0 saturated heterocycles. The summed E-state index contributed by atoms with van der Waals surface area (Å²) in [5.41, 5.74) is 0.472. The molecular weight excluding hydrogens is 253 g/mol. The Kier molecular flexibility index (Phi) is 5.35. The minimum Gasteiger partial charge on any atom is -0.494 e. The van der Waals surface area contributed by atoms with Crippen molar-refractivity contribution in [2.75, 3.05) is 13.7 Å². The molecule has 112 valence electrons. The first kappa shape index (κ1) is 16.7. The summed E-state index contributed by atoms with van der Waals surface area (Å²) >= 11 is 0. The van der Waals surface area contributed by atoms with E-state index in [4.69, 9.17) is 4.74 Å². The van der Waals surface area contributed by atoms with E-state index in [-0.39, 0.29) is 22.5 Å². The van der Waals surface area contributed by atoms with Crippen LogP contribution in [0.4, 0.5) is 4.39 Å². The van der Waals surface area contributed by atoms with Crippen LogP contribution in [0.3, 0.4) is 0 Å². The largest absolute Gasteiger partial charge is 0.494 e. The normalized spacial score (nSPS) is 14.7. The van der Waals surface area contributed by atoms with Crippen LogP contribution in [0.25, 0.3) is 0 Å². The molecule has 0 aliphatic rings. The zero-order valence-corrected chi connectivity index (χ0v) is 13.2. The van der Waals surface area contributed by atoms with Gasteiger partial charge >= 0.3 is 0 Å². The fraction of sp³-hybridized carbons (Fsp3) is 0.529. The van der Waals surface area contributed by atoms with Gasteiger partial charge in [0.25, 0.3) is 0 Å². The molecule has 0 heterocycles. The molecule has 0 fully saturated rings. The summed E-state index contributed by atoms with van der Waals surface area (Å²) in [6.07, 6.45) is 2.48. The number of halogens is 1. The maximum Gasteiger partial charge on any atom is 0.168 e. The molecular formula is C17H26FNO. The van der Waals surface area contributed by atoms with Gasteiger partial charge in [0.05, 0.1) is 7.11 Å². The number of methoxy groups -OCH3 is 1. The molecule has 0 bridgehead atoms. The Hall–Kier alpha value is -1.35. The molecule has 0 aromatic heterocycles. The topological polar surface area (TPSA) is 21.3 Å². The summed E-state index contributed by atoms with van der Waals surface area (Å²) in [6.45, 7) is 13.1. The zero-order chi connectivity index (χ0) is 15.4. The Bertz CT molecular complexity index is 465. The summed E-state index contributed by atoms with van der Waals surface area (Å²) in [5, 5.41) is 3.46. The molecule has 1 aromatic carbocycles. The Morgan fingerprint density at radius 2 is 1.95 bits per heavy atom. The minimum absolute atomic E-state index is 0.0250. The highest BCUT2D eigenvalue weighted by Gasteiger charge is 2.25. The third-order valence-corrected chi connectivity index (χ3v) is 3.37. The van der Waals surface area contributed by atoms with E-state index in [1.807, 2.05) is 12.1 Å². The molecule has 1 atom stereocenters. The summed E-state index contributed by atoms with van der Waals surface area (Å²) < 4.78 is 19.3. The van der Waals surface area contributed by atoms with Crippen molar-refractivity contribution >= 4 is 0 Å². The standard InChI is InChI=1S/C17H26FNO/c1-7-17(5,12-19-16(2,3)4)11-13-9-8-10-14(20-6)15(13)18/h7-10,19H,1,11-12H2,2-6H3. The van der Waals surface area contributed by atoms with Crippen LogP contribution in [0.2, 0.25) is 0 Å². The predicted molar refractivity (Wildman–Crippen MR) is 82.7 cm³/mol. The first-order valence-electron chi connectivity index (χ1n) is 6.91. The molecule has 1 aromatic rings. The molecule has 3 heteroatoms. The lowest BCUT2D eigenvalue weighted by Gasteiger charge is -2.31. The van der Waals surface area contributed by atoms with E-state index in [0.29, 0.717) is 12.0 Å². The number of hydrogen-bond acceptors (Lipinski definition) is 2. The van der Waals surface area contributed by atoms with Crippen molar-refractivity contribution in [3.05, 3.63) is 42.2 Å². The third kappa shape index (κ3) is 4.64. The van der Waals surface area contributed by atoms with Crippen LogP contribution in [0.5, 0.6) is 5.75 Å². The first-order valence-corrected chi connectivity index (χ1v) is 6.91. The van der Waals surface area contributed by atoms with Gasteiger partial charge in [0, 0.05) is 17.5 Å². The lowest BCUT2D eigenvalue weighted by Crippen LogP contribution is -2.43. The van der Waals surface area contributed by atoms with Gasteiger partial charge < -0.3 is 10.1 Å². The molecule has 0 aliphatic carbocycles. The Balaban J connectivity index is 2.90. The third-order valence-electron chi connectivity index (χ3n) is 3.37. The highest BCUT2D eigenvalue weighted by Crippen LogP contribution is 2.28. The van der Waals surface area contributed by atoms with E-state index in [0.717, 1.165) is 6.54 Å². The molecule has 1 N–H and O–H groups in total. The van der Waals surface area contributed by atoms with Crippen molar-refractivity contribution in [3.8, 4) is 5.75 Å². The van der Waals surface area contributed by atoms with Gasteiger partial charge in [-0.1, -0.05) is 25.1 Å². The van der Waals surface area contributed by atoms with Crippen molar-refractivity contribution in [2.24, 2.45) is 5.41 Å². The Labute approximate surface area is 122 Å². The van der Waals surface area contributed by atoms with E-state index in [1.165, 1.54) is 7.11 Å². The molecule has 0 radical (unpaired) electrons. The molecule has 0 amide bonds. The first-order chi connectivity index (χ1) is 9.21. The second-order valence-corrected chi connectivity index (χ2v) is 6.57. The van der Waals surface area contributed by atoms with Crippen molar-refractivity contribution < 1.29 is 9.13 Å². The second-order valence-electron chi connectivity index (χ2n) is 6.57.